The SMILES string of the molecule is CNC(CS(=O)(=O)O)C(=O)NC(C)CCC(=O)NCC(N)=O. The molecule has 0 spiro atoms. The van der Waals surface area contributed by atoms with E-state index >= 15 is 0 Å². The highest BCUT2D eigenvalue weighted by molar-refractivity contribution is 7.85. The quantitative estimate of drug-likeness (QED) is 0.271. The van der Waals surface area contributed by atoms with Gasteiger partial charge in [-0.1, -0.05) is 0 Å². The van der Waals surface area contributed by atoms with Gasteiger partial charge in [-0.05, 0) is 20.4 Å². The van der Waals surface area contributed by atoms with E-state index < -0.39 is 39.8 Å². The molecule has 2 atom stereocenters. The number of hydrogen-bond donors (Lipinski definition) is 5. The van der Waals surface area contributed by atoms with E-state index in [9.17, 15) is 22.8 Å². The van der Waals surface area contributed by atoms with Crippen molar-refractivity contribution in [3.63, 3.8) is 0 Å². The van der Waals surface area contributed by atoms with Gasteiger partial charge in [0.25, 0.3) is 10.1 Å². The van der Waals surface area contributed by atoms with Crippen LogP contribution in [0, 0.1) is 0 Å². The molecule has 2 unspecified atom stereocenters. The van der Waals surface area contributed by atoms with Gasteiger partial charge in [-0.15, -0.1) is 0 Å². The first-order valence-corrected chi connectivity index (χ1v) is 8.14. The van der Waals surface area contributed by atoms with Gasteiger partial charge in [0.05, 0.1) is 12.3 Å². The van der Waals surface area contributed by atoms with E-state index in [1.54, 1.807) is 6.92 Å². The fourth-order valence-corrected chi connectivity index (χ4v) is 2.28. The third kappa shape index (κ3) is 10.1. The Morgan fingerprint density at radius 1 is 1.27 bits per heavy atom. The summed E-state index contributed by atoms with van der Waals surface area (Å²) in [6, 6.07) is -1.50. The third-order valence-electron chi connectivity index (χ3n) is 2.70. The fourth-order valence-electron chi connectivity index (χ4n) is 1.54. The number of carbonyl (C=O) groups is 3. The lowest BCUT2D eigenvalue weighted by molar-refractivity contribution is -0.125. The van der Waals surface area contributed by atoms with Crippen molar-refractivity contribution in [3.05, 3.63) is 0 Å². The summed E-state index contributed by atoms with van der Waals surface area (Å²) in [5, 5.41) is 7.31. The van der Waals surface area contributed by atoms with Crippen LogP contribution in [-0.2, 0) is 24.5 Å². The van der Waals surface area contributed by atoms with Crippen LogP contribution in [0.1, 0.15) is 19.8 Å². The first-order valence-electron chi connectivity index (χ1n) is 6.53. The van der Waals surface area contributed by atoms with E-state index in [2.05, 4.69) is 16.0 Å². The van der Waals surface area contributed by atoms with E-state index in [-0.39, 0.29) is 18.9 Å². The van der Waals surface area contributed by atoms with Crippen LogP contribution in [-0.4, -0.2) is 62.1 Å². The Kier molecular flexibility index (Phi) is 8.60. The van der Waals surface area contributed by atoms with Crippen molar-refractivity contribution in [2.45, 2.75) is 31.8 Å². The molecule has 22 heavy (non-hydrogen) atoms. The Hall–Kier alpha value is -1.72. The van der Waals surface area contributed by atoms with Crippen molar-refractivity contribution >= 4 is 27.8 Å². The Morgan fingerprint density at radius 3 is 2.32 bits per heavy atom. The van der Waals surface area contributed by atoms with Crippen LogP contribution in [0.5, 0.6) is 0 Å². The van der Waals surface area contributed by atoms with E-state index in [4.69, 9.17) is 10.3 Å². The molecule has 0 heterocycles. The molecular formula is C11H22N4O6S. The highest BCUT2D eigenvalue weighted by Crippen LogP contribution is 1.99. The Morgan fingerprint density at radius 2 is 1.86 bits per heavy atom. The maximum Gasteiger partial charge on any atom is 0.266 e. The average molecular weight is 338 g/mol. The van der Waals surface area contributed by atoms with Gasteiger partial charge in [0.15, 0.2) is 0 Å². The number of nitrogens with one attached hydrogen (secondary N) is 3. The predicted octanol–water partition coefficient (Wildman–Crippen LogP) is -2.65. The molecule has 3 amide bonds. The smallest absolute Gasteiger partial charge is 0.266 e. The lowest BCUT2D eigenvalue weighted by Crippen LogP contribution is -2.49. The van der Waals surface area contributed by atoms with E-state index in [0.717, 1.165) is 0 Å². The zero-order valence-electron chi connectivity index (χ0n) is 12.5. The van der Waals surface area contributed by atoms with Gasteiger partial charge in [-0.3, -0.25) is 18.9 Å². The lowest BCUT2D eigenvalue weighted by Gasteiger charge is -2.18. The molecule has 0 saturated heterocycles. The summed E-state index contributed by atoms with van der Waals surface area (Å²) in [5.41, 5.74) is 4.87. The second kappa shape index (κ2) is 9.33. The maximum atomic E-state index is 11.8. The normalized spacial score (nSPS) is 14.0. The van der Waals surface area contributed by atoms with Crippen molar-refractivity contribution in [3.8, 4) is 0 Å². The van der Waals surface area contributed by atoms with E-state index in [0.29, 0.717) is 6.42 Å². The van der Waals surface area contributed by atoms with E-state index in [1.165, 1.54) is 7.05 Å². The van der Waals surface area contributed by atoms with Crippen LogP contribution in [0.15, 0.2) is 0 Å². The second-order valence-electron chi connectivity index (χ2n) is 4.78. The van der Waals surface area contributed by atoms with Crippen molar-refractivity contribution in [2.75, 3.05) is 19.3 Å². The molecular weight excluding hydrogens is 316 g/mol. The first-order chi connectivity index (χ1) is 10.0. The molecule has 128 valence electrons. The molecule has 0 aromatic rings. The van der Waals surface area contributed by atoms with Crippen LogP contribution in [0.3, 0.4) is 0 Å². The van der Waals surface area contributed by atoms with Crippen LogP contribution in [0.2, 0.25) is 0 Å². The molecule has 0 aromatic heterocycles. The zero-order chi connectivity index (χ0) is 17.3. The summed E-state index contributed by atoms with van der Waals surface area (Å²) in [6.07, 6.45) is 0.357. The minimum atomic E-state index is -4.29. The summed E-state index contributed by atoms with van der Waals surface area (Å²) in [4.78, 5) is 33.7. The molecule has 0 rings (SSSR count). The Labute approximate surface area is 128 Å². The van der Waals surface area contributed by atoms with Crippen LogP contribution >= 0.6 is 0 Å². The molecule has 0 radical (unpaired) electrons. The number of nitrogens with two attached hydrogens (primary N) is 1. The molecule has 10 nitrogen and oxygen atoms in total. The number of primary amides is 1. The van der Waals surface area contributed by atoms with Crippen molar-refractivity contribution in [2.24, 2.45) is 5.73 Å². The van der Waals surface area contributed by atoms with Crippen LogP contribution in [0.4, 0.5) is 0 Å². The predicted molar refractivity (Wildman–Crippen MR) is 78.3 cm³/mol. The van der Waals surface area contributed by atoms with Gasteiger partial charge in [-0.25, -0.2) is 0 Å². The minimum Gasteiger partial charge on any atom is -0.368 e. The summed E-state index contributed by atoms with van der Waals surface area (Å²) in [7, 11) is -2.90. The van der Waals surface area contributed by atoms with Crippen molar-refractivity contribution < 1.29 is 27.4 Å². The van der Waals surface area contributed by atoms with Gasteiger partial charge in [-0.2, -0.15) is 8.42 Å². The van der Waals surface area contributed by atoms with E-state index in [1.807, 2.05) is 0 Å². The lowest BCUT2D eigenvalue weighted by atomic mass is 10.1. The topological polar surface area (TPSA) is 168 Å². The molecule has 0 aliphatic carbocycles. The molecule has 0 bridgehead atoms. The zero-order valence-corrected chi connectivity index (χ0v) is 13.3. The van der Waals surface area contributed by atoms with Crippen LogP contribution in [0.25, 0.3) is 0 Å². The van der Waals surface area contributed by atoms with Gasteiger partial charge >= 0.3 is 0 Å². The van der Waals surface area contributed by atoms with Gasteiger partial charge < -0.3 is 21.7 Å². The maximum absolute atomic E-state index is 11.8. The highest BCUT2D eigenvalue weighted by Gasteiger charge is 2.23. The fraction of sp³-hybridized carbons (Fsp3) is 0.727. The molecule has 0 saturated carbocycles. The molecule has 11 heteroatoms. The Bertz CT molecular complexity index is 507. The van der Waals surface area contributed by atoms with Crippen molar-refractivity contribution in [1.82, 2.24) is 16.0 Å². The number of carbonyl (C=O) groups excluding carboxylic acids is 3. The number of likely N-dealkylation sites (N-methyl/N-ethyl adjacent to an activating group) is 1. The summed E-state index contributed by atoms with van der Waals surface area (Å²) in [6.45, 7) is 1.38. The second-order valence-corrected chi connectivity index (χ2v) is 6.28. The number of rotatable bonds is 10. The molecule has 0 aromatic carbocycles. The summed E-state index contributed by atoms with van der Waals surface area (Å²) < 4.78 is 30.3. The molecule has 0 fully saturated rings. The van der Waals surface area contributed by atoms with Gasteiger partial charge in [0.1, 0.15) is 6.04 Å². The number of amides is 3. The standard InChI is InChI=1S/C11H22N4O6S/c1-7(3-4-10(17)14-5-9(12)16)15-11(18)8(13-2)6-22(19,20)21/h7-8,13H,3-6H2,1-2H3,(H2,12,16)(H,14,17)(H,15,18)(H,19,20,21). The average Bonchev–Trinajstić information content (AvgIpc) is 2.38. The molecule has 0 aliphatic heterocycles. The number of hydrogen-bond acceptors (Lipinski definition) is 6. The Balaban J connectivity index is 4.23. The molecule has 0 aliphatic rings. The summed E-state index contributed by atoms with van der Waals surface area (Å²) >= 11 is 0. The first kappa shape index (κ1) is 20.3. The highest BCUT2D eigenvalue weighted by atomic mass is 32.2. The summed E-state index contributed by atoms with van der Waals surface area (Å²) in [5.74, 6) is -2.40. The minimum absolute atomic E-state index is 0.0667. The van der Waals surface area contributed by atoms with Gasteiger partial charge in [0.2, 0.25) is 17.7 Å². The van der Waals surface area contributed by atoms with Crippen LogP contribution < -0.4 is 21.7 Å². The van der Waals surface area contributed by atoms with Crippen molar-refractivity contribution in [1.29, 1.82) is 0 Å². The largest absolute Gasteiger partial charge is 0.368 e. The van der Waals surface area contributed by atoms with Gasteiger partial charge in [0, 0.05) is 12.5 Å². The molecule has 6 N–H and O–H groups in total. The third-order valence-corrected chi connectivity index (χ3v) is 3.45. The monoisotopic (exact) mass is 338 g/mol.